The van der Waals surface area contributed by atoms with Gasteiger partial charge in [-0.05, 0) is 44.5 Å². The second kappa shape index (κ2) is 10.4. The Morgan fingerprint density at radius 2 is 1.71 bits per heavy atom. The SMILES string of the molecule is CCOC(=O)C(Cc1ccccc1)NC(=O)C=Cc1c(C)nn(-c2ccccc2)c1C. The fourth-order valence-corrected chi connectivity index (χ4v) is 3.38. The lowest BCUT2D eigenvalue weighted by Crippen LogP contribution is -2.42. The predicted molar refractivity (Wildman–Crippen MR) is 121 cm³/mol. The van der Waals surface area contributed by atoms with Crippen LogP contribution in [0.5, 0.6) is 0 Å². The third-order valence-electron chi connectivity index (χ3n) is 4.92. The Labute approximate surface area is 182 Å². The van der Waals surface area contributed by atoms with Crippen molar-refractivity contribution in [1.82, 2.24) is 15.1 Å². The zero-order valence-electron chi connectivity index (χ0n) is 18.0. The zero-order chi connectivity index (χ0) is 22.2. The first-order valence-corrected chi connectivity index (χ1v) is 10.3. The first-order valence-electron chi connectivity index (χ1n) is 10.3. The molecule has 1 aromatic heterocycles. The molecule has 0 aliphatic rings. The number of aromatic nitrogens is 2. The van der Waals surface area contributed by atoms with Crippen LogP contribution in [-0.4, -0.2) is 34.3 Å². The first kappa shape index (κ1) is 22.0. The second-order valence-electron chi connectivity index (χ2n) is 7.17. The van der Waals surface area contributed by atoms with Crippen LogP contribution < -0.4 is 5.32 Å². The molecule has 1 heterocycles. The highest BCUT2D eigenvalue weighted by Gasteiger charge is 2.22. The minimum absolute atomic E-state index is 0.257. The minimum Gasteiger partial charge on any atom is -0.464 e. The van der Waals surface area contributed by atoms with Gasteiger partial charge in [0.25, 0.3) is 0 Å². The Kier molecular flexibility index (Phi) is 7.38. The summed E-state index contributed by atoms with van der Waals surface area (Å²) < 4.78 is 6.99. The molecule has 0 bridgehead atoms. The number of rotatable bonds is 8. The average molecular weight is 418 g/mol. The van der Waals surface area contributed by atoms with E-state index in [4.69, 9.17) is 4.74 Å². The maximum Gasteiger partial charge on any atom is 0.328 e. The summed E-state index contributed by atoms with van der Waals surface area (Å²) in [6.07, 6.45) is 3.53. The van der Waals surface area contributed by atoms with Crippen molar-refractivity contribution in [2.24, 2.45) is 0 Å². The van der Waals surface area contributed by atoms with Gasteiger partial charge in [0.1, 0.15) is 6.04 Å². The summed E-state index contributed by atoms with van der Waals surface area (Å²) in [5.74, 6) is -0.808. The lowest BCUT2D eigenvalue weighted by atomic mass is 10.1. The number of nitrogens with one attached hydrogen (secondary N) is 1. The number of hydrogen-bond acceptors (Lipinski definition) is 4. The molecule has 1 N–H and O–H groups in total. The number of carbonyl (C=O) groups excluding carboxylic acids is 2. The van der Waals surface area contributed by atoms with Gasteiger partial charge in [0.05, 0.1) is 18.0 Å². The molecule has 0 spiro atoms. The van der Waals surface area contributed by atoms with Crippen molar-refractivity contribution in [2.75, 3.05) is 6.61 Å². The summed E-state index contributed by atoms with van der Waals surface area (Å²) >= 11 is 0. The number of esters is 1. The molecule has 0 aliphatic carbocycles. The number of hydrogen-bond donors (Lipinski definition) is 1. The van der Waals surface area contributed by atoms with Crippen LogP contribution in [0.15, 0.2) is 66.7 Å². The molecular weight excluding hydrogens is 390 g/mol. The van der Waals surface area contributed by atoms with E-state index in [1.54, 1.807) is 13.0 Å². The van der Waals surface area contributed by atoms with Crippen molar-refractivity contribution in [3.8, 4) is 5.69 Å². The molecule has 0 saturated heterocycles. The van der Waals surface area contributed by atoms with Crippen LogP contribution in [0.3, 0.4) is 0 Å². The Morgan fingerprint density at radius 1 is 1.06 bits per heavy atom. The van der Waals surface area contributed by atoms with Gasteiger partial charge in [-0.15, -0.1) is 0 Å². The van der Waals surface area contributed by atoms with E-state index in [2.05, 4.69) is 10.4 Å². The normalized spacial score (nSPS) is 12.0. The minimum atomic E-state index is -0.756. The largest absolute Gasteiger partial charge is 0.464 e. The molecule has 6 nitrogen and oxygen atoms in total. The Bertz CT molecular complexity index is 1060. The quantitative estimate of drug-likeness (QED) is 0.447. The molecule has 31 heavy (non-hydrogen) atoms. The lowest BCUT2D eigenvalue weighted by molar-refractivity contribution is -0.146. The van der Waals surface area contributed by atoms with Gasteiger partial charge in [0, 0.05) is 23.8 Å². The fourth-order valence-electron chi connectivity index (χ4n) is 3.38. The number of ether oxygens (including phenoxy) is 1. The third-order valence-corrected chi connectivity index (χ3v) is 4.92. The molecule has 1 unspecified atom stereocenters. The van der Waals surface area contributed by atoms with Gasteiger partial charge in [0.2, 0.25) is 5.91 Å². The van der Waals surface area contributed by atoms with Gasteiger partial charge < -0.3 is 10.1 Å². The van der Waals surface area contributed by atoms with Crippen molar-refractivity contribution in [2.45, 2.75) is 33.2 Å². The van der Waals surface area contributed by atoms with E-state index in [0.717, 1.165) is 28.2 Å². The second-order valence-corrected chi connectivity index (χ2v) is 7.17. The van der Waals surface area contributed by atoms with Crippen LogP contribution in [0.4, 0.5) is 0 Å². The summed E-state index contributed by atoms with van der Waals surface area (Å²) in [4.78, 5) is 24.9. The molecule has 1 amide bonds. The molecule has 0 aliphatic heterocycles. The van der Waals surface area contributed by atoms with E-state index in [0.29, 0.717) is 6.42 Å². The van der Waals surface area contributed by atoms with Crippen molar-refractivity contribution in [3.63, 3.8) is 0 Å². The maximum absolute atomic E-state index is 12.6. The number of nitrogens with zero attached hydrogens (tertiary/aromatic N) is 2. The van der Waals surface area contributed by atoms with Crippen LogP contribution in [0.1, 0.15) is 29.4 Å². The number of aryl methyl sites for hydroxylation is 1. The van der Waals surface area contributed by atoms with Crippen molar-refractivity contribution >= 4 is 18.0 Å². The van der Waals surface area contributed by atoms with Crippen LogP contribution in [0.25, 0.3) is 11.8 Å². The highest BCUT2D eigenvalue weighted by atomic mass is 16.5. The Balaban J connectivity index is 1.75. The molecule has 3 aromatic rings. The molecule has 0 fully saturated rings. The maximum atomic E-state index is 12.6. The van der Waals surface area contributed by atoms with Crippen molar-refractivity contribution in [3.05, 3.63) is 89.3 Å². The van der Waals surface area contributed by atoms with E-state index in [9.17, 15) is 9.59 Å². The summed E-state index contributed by atoms with van der Waals surface area (Å²) in [5, 5.41) is 7.36. The van der Waals surface area contributed by atoms with Gasteiger partial charge in [-0.2, -0.15) is 5.10 Å². The monoisotopic (exact) mass is 417 g/mol. The van der Waals surface area contributed by atoms with E-state index in [1.807, 2.05) is 79.2 Å². The highest BCUT2D eigenvalue weighted by molar-refractivity contribution is 5.95. The molecule has 0 radical (unpaired) electrons. The zero-order valence-corrected chi connectivity index (χ0v) is 18.0. The van der Waals surface area contributed by atoms with Gasteiger partial charge in [-0.25, -0.2) is 9.48 Å². The van der Waals surface area contributed by atoms with Gasteiger partial charge in [-0.3, -0.25) is 4.79 Å². The van der Waals surface area contributed by atoms with E-state index in [1.165, 1.54) is 6.08 Å². The summed E-state index contributed by atoms with van der Waals surface area (Å²) in [7, 11) is 0. The Morgan fingerprint density at radius 3 is 2.35 bits per heavy atom. The summed E-state index contributed by atoms with van der Waals surface area (Å²) in [6.45, 7) is 5.87. The average Bonchev–Trinajstić information content (AvgIpc) is 3.06. The van der Waals surface area contributed by atoms with Crippen LogP contribution in [0, 0.1) is 13.8 Å². The van der Waals surface area contributed by atoms with Crippen LogP contribution >= 0.6 is 0 Å². The first-order chi connectivity index (χ1) is 15.0. The Hall–Kier alpha value is -3.67. The topological polar surface area (TPSA) is 73.2 Å². The predicted octanol–water partition coefficient (Wildman–Crippen LogP) is 3.79. The molecule has 2 aromatic carbocycles. The summed E-state index contributed by atoms with van der Waals surface area (Å²) in [6, 6.07) is 18.6. The molecule has 3 rings (SSSR count). The van der Waals surface area contributed by atoms with Gasteiger partial charge in [0.15, 0.2) is 0 Å². The van der Waals surface area contributed by atoms with Gasteiger partial charge >= 0.3 is 5.97 Å². The highest BCUT2D eigenvalue weighted by Crippen LogP contribution is 2.19. The third kappa shape index (κ3) is 5.69. The smallest absolute Gasteiger partial charge is 0.328 e. The fraction of sp³-hybridized carbons (Fsp3) is 0.240. The molecular formula is C25H27N3O3. The number of amides is 1. The van der Waals surface area contributed by atoms with Crippen molar-refractivity contribution in [1.29, 1.82) is 0 Å². The number of carbonyl (C=O) groups is 2. The lowest BCUT2D eigenvalue weighted by Gasteiger charge is -2.16. The molecule has 1 atom stereocenters. The van der Waals surface area contributed by atoms with Gasteiger partial charge in [-0.1, -0.05) is 48.5 Å². The van der Waals surface area contributed by atoms with E-state index >= 15 is 0 Å². The van der Waals surface area contributed by atoms with E-state index in [-0.39, 0.29) is 12.5 Å². The van der Waals surface area contributed by atoms with Crippen molar-refractivity contribution < 1.29 is 14.3 Å². The molecule has 6 heteroatoms. The van der Waals surface area contributed by atoms with E-state index < -0.39 is 12.0 Å². The van der Waals surface area contributed by atoms with Crippen LogP contribution in [-0.2, 0) is 20.7 Å². The molecule has 160 valence electrons. The number of benzene rings is 2. The number of para-hydroxylation sites is 1. The van der Waals surface area contributed by atoms with Crippen LogP contribution in [0.2, 0.25) is 0 Å². The summed E-state index contributed by atoms with van der Waals surface area (Å²) in [5.41, 5.74) is 4.52. The standard InChI is InChI=1S/C25H27N3O3/c1-4-31-25(30)23(17-20-11-7-5-8-12-20)26-24(29)16-15-22-18(2)27-28(19(22)3)21-13-9-6-10-14-21/h5-16,23H,4,17H2,1-3H3,(H,26,29). The molecule has 0 saturated carbocycles.